The van der Waals surface area contributed by atoms with Gasteiger partial charge in [0, 0.05) is 6.04 Å². The third kappa shape index (κ3) is 5.11. The van der Waals surface area contributed by atoms with Crippen LogP contribution in [-0.4, -0.2) is 68.4 Å². The number of carbonyl (C=O) groups excluding carboxylic acids is 1. The number of alkyl halides is 1. The second-order valence-corrected chi connectivity index (χ2v) is 11.5. The molecule has 0 aromatic carbocycles. The average Bonchev–Trinajstić information content (AvgIpc) is 3.30. The first-order valence-electron chi connectivity index (χ1n) is 11.3. The summed E-state index contributed by atoms with van der Waals surface area (Å²) in [6, 6.07) is -0.492. The van der Waals surface area contributed by atoms with E-state index in [0.717, 1.165) is 0 Å². The second-order valence-electron chi connectivity index (χ2n) is 8.96. The molecular weight excluding hydrogens is 503 g/mol. The number of anilines is 1. The highest BCUT2D eigenvalue weighted by atomic mass is 35.5. The maximum atomic E-state index is 13.3. The smallest absolute Gasteiger partial charge is 0.406 e. The topological polar surface area (TPSA) is 162 Å². The molecule has 0 amide bonds. The van der Waals surface area contributed by atoms with Gasteiger partial charge in [-0.05, 0) is 20.8 Å². The van der Waals surface area contributed by atoms with E-state index in [1.807, 2.05) is 6.92 Å². The molecule has 2 aliphatic rings. The number of rotatable bonds is 8. The Balaban J connectivity index is 1.53. The van der Waals surface area contributed by atoms with Gasteiger partial charge in [0.05, 0.1) is 25.5 Å². The third-order valence-corrected chi connectivity index (χ3v) is 7.76. The van der Waals surface area contributed by atoms with Crippen molar-refractivity contribution >= 4 is 42.4 Å². The van der Waals surface area contributed by atoms with Crippen molar-refractivity contribution in [2.24, 2.45) is 5.92 Å². The lowest BCUT2D eigenvalue weighted by atomic mass is 10.0. The zero-order valence-electron chi connectivity index (χ0n) is 20.1. The molecule has 0 spiro atoms. The molecule has 2 aromatic rings. The number of halogens is 1. The molecule has 2 aromatic heterocycles. The van der Waals surface area contributed by atoms with E-state index in [9.17, 15) is 9.36 Å². The summed E-state index contributed by atoms with van der Waals surface area (Å²) in [5, 5.41) is 2.79. The summed E-state index contributed by atoms with van der Waals surface area (Å²) < 4.78 is 43.2. The Morgan fingerprint density at radius 2 is 2.17 bits per heavy atom. The van der Waals surface area contributed by atoms with Crippen LogP contribution < -0.4 is 15.6 Å². The van der Waals surface area contributed by atoms with Gasteiger partial charge in [-0.3, -0.25) is 18.4 Å². The number of fused-ring (bicyclic) bond motifs is 2. The van der Waals surface area contributed by atoms with Gasteiger partial charge in [-0.1, -0.05) is 13.8 Å². The summed E-state index contributed by atoms with van der Waals surface area (Å²) in [5.41, 5.74) is 6.65. The average molecular weight is 533 g/mol. The van der Waals surface area contributed by atoms with E-state index in [2.05, 4.69) is 20.0 Å². The molecule has 4 rings (SSSR count). The van der Waals surface area contributed by atoms with Crippen molar-refractivity contribution < 1.29 is 32.6 Å². The fraction of sp³-hybridized carbons (Fsp3) is 0.700. The number of nitrogen functional groups attached to an aromatic ring is 1. The molecule has 0 radical (unpaired) electrons. The quantitative estimate of drug-likeness (QED) is 0.290. The van der Waals surface area contributed by atoms with Crippen LogP contribution in [0.3, 0.4) is 0 Å². The van der Waals surface area contributed by atoms with Crippen LogP contribution in [0.5, 0.6) is 5.88 Å². The number of nitrogens with two attached hydrogens (primary N) is 1. The lowest BCUT2D eigenvalue weighted by Gasteiger charge is -2.36. The number of esters is 1. The Hall–Kier alpha value is -2.02. The SMILES string of the molecule is CCOc1nc(N)nc2c1ncn2[C@@H]1O[C@@H]2COP(=O)(N[C@H](C)COC(=O)C(C)C)O[C@H]2[C@@]1(C)Cl. The van der Waals surface area contributed by atoms with Gasteiger partial charge in [0.1, 0.15) is 23.7 Å². The van der Waals surface area contributed by atoms with Gasteiger partial charge in [0.25, 0.3) is 0 Å². The van der Waals surface area contributed by atoms with Crippen LogP contribution in [0.1, 0.15) is 40.8 Å². The minimum Gasteiger partial charge on any atom is -0.476 e. The fourth-order valence-electron chi connectivity index (χ4n) is 3.92. The summed E-state index contributed by atoms with van der Waals surface area (Å²) in [6.07, 6.45) is -0.695. The monoisotopic (exact) mass is 532 g/mol. The summed E-state index contributed by atoms with van der Waals surface area (Å²) in [5.74, 6) is -0.363. The van der Waals surface area contributed by atoms with Crippen LogP contribution in [0.4, 0.5) is 5.95 Å². The molecule has 3 N–H and O–H groups in total. The number of ether oxygens (including phenoxy) is 3. The van der Waals surface area contributed by atoms with Crippen LogP contribution in [-0.2, 0) is 27.9 Å². The molecule has 194 valence electrons. The van der Waals surface area contributed by atoms with Crippen molar-refractivity contribution in [1.82, 2.24) is 24.6 Å². The van der Waals surface area contributed by atoms with Crippen LogP contribution in [0.15, 0.2) is 6.33 Å². The van der Waals surface area contributed by atoms with Crippen LogP contribution in [0, 0.1) is 5.92 Å². The first kappa shape index (κ1) is 26.1. The summed E-state index contributed by atoms with van der Waals surface area (Å²) in [6.45, 7) is 9.05. The highest BCUT2D eigenvalue weighted by molar-refractivity contribution is 7.51. The van der Waals surface area contributed by atoms with E-state index in [1.165, 1.54) is 6.33 Å². The van der Waals surface area contributed by atoms with Gasteiger partial charge in [-0.15, -0.1) is 11.6 Å². The lowest BCUT2D eigenvalue weighted by Crippen LogP contribution is -2.46. The van der Waals surface area contributed by atoms with Crippen LogP contribution in [0.25, 0.3) is 11.2 Å². The molecule has 13 nitrogen and oxygen atoms in total. The molecule has 2 fully saturated rings. The number of nitrogens with zero attached hydrogens (tertiary/aromatic N) is 4. The first-order chi connectivity index (χ1) is 16.4. The van der Waals surface area contributed by atoms with E-state index in [-0.39, 0.29) is 36.9 Å². The molecule has 4 heterocycles. The molecule has 6 atom stereocenters. The van der Waals surface area contributed by atoms with Crippen molar-refractivity contribution in [3.05, 3.63) is 6.33 Å². The van der Waals surface area contributed by atoms with Crippen LogP contribution >= 0.6 is 19.3 Å². The standard InChI is InChI=1S/C20H30ClN6O7P/c1-6-30-16-13-15(24-19(22)25-16)27(9-23-13)18-20(5,21)14-12(33-18)8-32-35(29,34-14)26-11(4)7-31-17(28)10(2)3/h9-12,14,18H,6-8H2,1-5H3,(H,26,29)(H2,22,24,25)/t11-,12-,14-,18-,20-,35?/m1/s1. The van der Waals surface area contributed by atoms with Crippen molar-refractivity contribution in [2.45, 2.75) is 64.0 Å². The lowest BCUT2D eigenvalue weighted by molar-refractivity contribution is -0.147. The Bertz CT molecular complexity index is 1140. The largest absolute Gasteiger partial charge is 0.476 e. The molecule has 35 heavy (non-hydrogen) atoms. The normalized spacial score (nSPS) is 31.5. The highest BCUT2D eigenvalue weighted by Crippen LogP contribution is 2.57. The van der Waals surface area contributed by atoms with Crippen molar-refractivity contribution in [2.75, 3.05) is 25.6 Å². The number of aromatic nitrogens is 4. The summed E-state index contributed by atoms with van der Waals surface area (Å²) in [7, 11) is -3.78. The van der Waals surface area contributed by atoms with E-state index in [4.69, 9.17) is 40.6 Å². The van der Waals surface area contributed by atoms with Gasteiger partial charge in [0.15, 0.2) is 17.4 Å². The second kappa shape index (κ2) is 9.79. The Morgan fingerprint density at radius 1 is 1.43 bits per heavy atom. The maximum absolute atomic E-state index is 13.3. The minimum atomic E-state index is -3.78. The van der Waals surface area contributed by atoms with Crippen molar-refractivity contribution in [3.63, 3.8) is 0 Å². The van der Waals surface area contributed by atoms with Gasteiger partial charge in [-0.2, -0.15) is 9.97 Å². The number of imidazole rings is 1. The Morgan fingerprint density at radius 3 is 2.86 bits per heavy atom. The number of hydrogen-bond acceptors (Lipinski definition) is 11. The third-order valence-electron chi connectivity index (χ3n) is 5.61. The number of nitrogens with one attached hydrogen (secondary N) is 1. The summed E-state index contributed by atoms with van der Waals surface area (Å²) >= 11 is 6.96. The Labute approximate surface area is 207 Å². The maximum Gasteiger partial charge on any atom is 0.406 e. The summed E-state index contributed by atoms with van der Waals surface area (Å²) in [4.78, 5) is 23.3. The predicted molar refractivity (Wildman–Crippen MR) is 126 cm³/mol. The molecule has 15 heteroatoms. The first-order valence-corrected chi connectivity index (χ1v) is 13.2. The van der Waals surface area contributed by atoms with Crippen molar-refractivity contribution in [3.8, 4) is 5.88 Å². The number of hydrogen-bond donors (Lipinski definition) is 2. The fourth-order valence-corrected chi connectivity index (χ4v) is 6.14. The minimum absolute atomic E-state index is 0.00338. The zero-order valence-corrected chi connectivity index (χ0v) is 21.8. The Kier molecular flexibility index (Phi) is 7.29. The molecular formula is C20H30ClN6O7P. The van der Waals surface area contributed by atoms with Crippen molar-refractivity contribution in [1.29, 1.82) is 0 Å². The molecule has 0 saturated carbocycles. The van der Waals surface area contributed by atoms with E-state index < -0.39 is 37.1 Å². The molecule has 1 unspecified atom stereocenters. The molecule has 0 bridgehead atoms. The number of carbonyl (C=O) groups is 1. The predicted octanol–water partition coefficient (Wildman–Crippen LogP) is 2.40. The van der Waals surface area contributed by atoms with Gasteiger partial charge in [0.2, 0.25) is 11.8 Å². The molecule has 2 aliphatic heterocycles. The zero-order chi connectivity index (χ0) is 25.5. The van der Waals surface area contributed by atoms with Gasteiger partial charge < -0.3 is 19.9 Å². The van der Waals surface area contributed by atoms with E-state index in [1.54, 1.807) is 32.3 Å². The molecule has 0 aliphatic carbocycles. The van der Waals surface area contributed by atoms with E-state index >= 15 is 0 Å². The van der Waals surface area contributed by atoms with Gasteiger partial charge in [-0.25, -0.2) is 14.6 Å². The van der Waals surface area contributed by atoms with E-state index in [0.29, 0.717) is 17.8 Å². The van der Waals surface area contributed by atoms with Gasteiger partial charge >= 0.3 is 13.7 Å². The van der Waals surface area contributed by atoms with Crippen LogP contribution in [0.2, 0.25) is 0 Å². The highest BCUT2D eigenvalue weighted by Gasteiger charge is 2.60. The molecule has 2 saturated heterocycles.